The topological polar surface area (TPSA) is 51.0 Å². The Hall–Kier alpha value is -1.82. The summed E-state index contributed by atoms with van der Waals surface area (Å²) in [6, 6.07) is 2.37. The summed E-state index contributed by atoms with van der Waals surface area (Å²) < 4.78 is 31.9. The van der Waals surface area contributed by atoms with Crippen molar-refractivity contribution in [2.45, 2.75) is 26.3 Å². The quantitative estimate of drug-likeness (QED) is 0.924. The molecule has 0 aliphatic rings. The number of hydrogen-bond acceptors (Lipinski definition) is 4. The average molecular weight is 267 g/mol. The lowest BCUT2D eigenvalue weighted by atomic mass is 10.1. The van der Waals surface area contributed by atoms with Crippen molar-refractivity contribution in [1.82, 2.24) is 15.5 Å². The third-order valence-electron chi connectivity index (χ3n) is 2.93. The first kappa shape index (κ1) is 13.6. The van der Waals surface area contributed by atoms with Crippen LogP contribution in [0.2, 0.25) is 0 Å². The van der Waals surface area contributed by atoms with E-state index in [1.807, 2.05) is 14.0 Å². The van der Waals surface area contributed by atoms with Gasteiger partial charge < -0.3 is 9.84 Å². The summed E-state index contributed by atoms with van der Waals surface area (Å²) in [6.45, 7) is 3.53. The molecule has 102 valence electrons. The second-order valence-corrected chi connectivity index (χ2v) is 4.49. The minimum absolute atomic E-state index is 0.0684. The van der Waals surface area contributed by atoms with Gasteiger partial charge in [0.1, 0.15) is 11.6 Å². The van der Waals surface area contributed by atoms with E-state index in [1.165, 1.54) is 6.07 Å². The Morgan fingerprint density at radius 3 is 2.74 bits per heavy atom. The van der Waals surface area contributed by atoms with Gasteiger partial charge in [0.05, 0.1) is 5.56 Å². The van der Waals surface area contributed by atoms with Gasteiger partial charge in [-0.2, -0.15) is 4.98 Å². The van der Waals surface area contributed by atoms with Gasteiger partial charge in [-0.1, -0.05) is 5.16 Å². The number of rotatable bonds is 4. The Morgan fingerprint density at radius 1 is 1.32 bits per heavy atom. The molecule has 0 spiro atoms. The van der Waals surface area contributed by atoms with Gasteiger partial charge in [-0.05, 0) is 32.5 Å². The summed E-state index contributed by atoms with van der Waals surface area (Å²) in [5.41, 5.74) is 0.453. The Balaban J connectivity index is 2.30. The Labute approximate surface area is 109 Å². The van der Waals surface area contributed by atoms with E-state index in [4.69, 9.17) is 4.52 Å². The van der Waals surface area contributed by atoms with Crippen molar-refractivity contribution in [2.75, 3.05) is 7.05 Å². The number of nitrogens with one attached hydrogen (secondary N) is 1. The smallest absolute Gasteiger partial charge is 0.260 e. The zero-order valence-corrected chi connectivity index (χ0v) is 11.0. The lowest BCUT2D eigenvalue weighted by Gasteiger charge is -2.04. The molecule has 0 amide bonds. The molecule has 0 bridgehead atoms. The van der Waals surface area contributed by atoms with Crippen LogP contribution in [0.1, 0.15) is 18.3 Å². The fourth-order valence-electron chi connectivity index (χ4n) is 1.64. The van der Waals surface area contributed by atoms with Crippen molar-refractivity contribution in [3.63, 3.8) is 0 Å². The van der Waals surface area contributed by atoms with Gasteiger partial charge in [0.25, 0.3) is 5.89 Å². The molecule has 6 heteroatoms. The third kappa shape index (κ3) is 2.96. The summed E-state index contributed by atoms with van der Waals surface area (Å²) in [4.78, 5) is 4.12. The molecule has 0 radical (unpaired) electrons. The zero-order valence-electron chi connectivity index (χ0n) is 11.0. The molecular formula is C13H15F2N3O. The molecule has 1 heterocycles. The van der Waals surface area contributed by atoms with Crippen molar-refractivity contribution in [3.05, 3.63) is 35.2 Å². The molecule has 1 unspecified atom stereocenters. The number of aryl methyl sites for hydroxylation is 1. The third-order valence-corrected chi connectivity index (χ3v) is 2.93. The maximum Gasteiger partial charge on any atom is 0.260 e. The van der Waals surface area contributed by atoms with Gasteiger partial charge in [-0.25, -0.2) is 8.78 Å². The highest BCUT2D eigenvalue weighted by Crippen LogP contribution is 2.24. The van der Waals surface area contributed by atoms with Crippen molar-refractivity contribution < 1.29 is 13.3 Å². The largest absolute Gasteiger partial charge is 0.334 e. The van der Waals surface area contributed by atoms with E-state index in [2.05, 4.69) is 15.5 Å². The van der Waals surface area contributed by atoms with Crippen LogP contribution in [-0.2, 0) is 6.42 Å². The first-order chi connectivity index (χ1) is 9.01. The van der Waals surface area contributed by atoms with E-state index < -0.39 is 11.6 Å². The van der Waals surface area contributed by atoms with Gasteiger partial charge >= 0.3 is 0 Å². The summed E-state index contributed by atoms with van der Waals surface area (Å²) in [6.07, 6.45) is 0.571. The van der Waals surface area contributed by atoms with Crippen LogP contribution in [0.3, 0.4) is 0 Å². The van der Waals surface area contributed by atoms with Crippen LogP contribution in [0.25, 0.3) is 11.5 Å². The van der Waals surface area contributed by atoms with Crippen molar-refractivity contribution >= 4 is 0 Å². The molecule has 0 aliphatic carbocycles. The van der Waals surface area contributed by atoms with Crippen LogP contribution in [0, 0.1) is 18.6 Å². The second kappa shape index (κ2) is 5.44. The van der Waals surface area contributed by atoms with Crippen molar-refractivity contribution in [2.24, 2.45) is 0 Å². The number of aromatic nitrogens is 2. The first-order valence-electron chi connectivity index (χ1n) is 5.97. The molecular weight excluding hydrogens is 252 g/mol. The molecule has 1 aromatic carbocycles. The van der Waals surface area contributed by atoms with E-state index in [-0.39, 0.29) is 17.5 Å². The standard InChI is InChI=1S/C13H15F2N3O/c1-7-4-9(11(15)6-10(7)14)13-17-12(18-19-13)5-8(2)16-3/h4,6,8,16H,5H2,1-3H3. The van der Waals surface area contributed by atoms with Gasteiger partial charge in [0.2, 0.25) is 0 Å². The lowest BCUT2D eigenvalue weighted by Crippen LogP contribution is -2.24. The summed E-state index contributed by atoms with van der Waals surface area (Å²) in [5.74, 6) is -0.748. The van der Waals surface area contributed by atoms with Gasteiger partial charge in [-0.3, -0.25) is 0 Å². The summed E-state index contributed by atoms with van der Waals surface area (Å²) in [7, 11) is 1.83. The van der Waals surface area contributed by atoms with Crippen molar-refractivity contribution in [1.29, 1.82) is 0 Å². The number of nitrogens with zero attached hydrogens (tertiary/aromatic N) is 2. The lowest BCUT2D eigenvalue weighted by molar-refractivity contribution is 0.416. The number of halogens is 2. The molecule has 1 atom stereocenters. The highest BCUT2D eigenvalue weighted by Gasteiger charge is 2.16. The van der Waals surface area contributed by atoms with Crippen molar-refractivity contribution in [3.8, 4) is 11.5 Å². The number of likely N-dealkylation sites (N-methyl/N-ethyl adjacent to an activating group) is 1. The van der Waals surface area contributed by atoms with E-state index in [0.29, 0.717) is 17.8 Å². The van der Waals surface area contributed by atoms with E-state index in [1.54, 1.807) is 6.92 Å². The maximum absolute atomic E-state index is 13.7. The van der Waals surface area contributed by atoms with Gasteiger partial charge in [0, 0.05) is 18.5 Å². The SMILES string of the molecule is CNC(C)Cc1noc(-c2cc(C)c(F)cc2F)n1. The average Bonchev–Trinajstić information content (AvgIpc) is 2.82. The van der Waals surface area contributed by atoms with Crippen LogP contribution < -0.4 is 5.32 Å². The molecule has 0 saturated carbocycles. The number of benzene rings is 1. The predicted octanol–water partition coefficient (Wildman–Crippen LogP) is 2.47. The molecule has 4 nitrogen and oxygen atoms in total. The molecule has 1 aromatic heterocycles. The molecule has 0 fully saturated rings. The van der Waals surface area contributed by atoms with Gasteiger partial charge in [0.15, 0.2) is 5.82 Å². The second-order valence-electron chi connectivity index (χ2n) is 4.49. The highest BCUT2D eigenvalue weighted by atomic mass is 19.1. The molecule has 0 saturated heterocycles. The minimum atomic E-state index is -0.708. The summed E-state index contributed by atoms with van der Waals surface area (Å²) in [5, 5.41) is 6.83. The molecule has 2 rings (SSSR count). The fraction of sp³-hybridized carbons (Fsp3) is 0.385. The van der Waals surface area contributed by atoms with E-state index in [0.717, 1.165) is 6.07 Å². The van der Waals surface area contributed by atoms with Crippen LogP contribution >= 0.6 is 0 Å². The maximum atomic E-state index is 13.7. The zero-order chi connectivity index (χ0) is 14.0. The van der Waals surface area contributed by atoms with Crippen LogP contribution in [0.5, 0.6) is 0 Å². The highest BCUT2D eigenvalue weighted by molar-refractivity contribution is 5.55. The van der Waals surface area contributed by atoms with Crippen LogP contribution in [0.15, 0.2) is 16.7 Å². The normalized spacial score (nSPS) is 12.7. The fourth-order valence-corrected chi connectivity index (χ4v) is 1.64. The Morgan fingerprint density at radius 2 is 2.05 bits per heavy atom. The molecule has 19 heavy (non-hydrogen) atoms. The number of hydrogen-bond donors (Lipinski definition) is 1. The molecule has 0 aliphatic heterocycles. The van der Waals surface area contributed by atoms with Crippen LogP contribution in [-0.4, -0.2) is 23.2 Å². The minimum Gasteiger partial charge on any atom is -0.334 e. The monoisotopic (exact) mass is 267 g/mol. The molecule has 2 aromatic rings. The Bertz CT molecular complexity index is 583. The van der Waals surface area contributed by atoms with Gasteiger partial charge in [-0.15, -0.1) is 0 Å². The predicted molar refractivity (Wildman–Crippen MR) is 66.6 cm³/mol. The first-order valence-corrected chi connectivity index (χ1v) is 5.97. The molecule has 1 N–H and O–H groups in total. The Kier molecular flexibility index (Phi) is 3.90. The van der Waals surface area contributed by atoms with Crippen LogP contribution in [0.4, 0.5) is 8.78 Å². The van der Waals surface area contributed by atoms with E-state index >= 15 is 0 Å². The summed E-state index contributed by atoms with van der Waals surface area (Å²) >= 11 is 0. The van der Waals surface area contributed by atoms with E-state index in [9.17, 15) is 8.78 Å².